The van der Waals surface area contributed by atoms with Crippen molar-refractivity contribution in [2.45, 2.75) is 49.7 Å². The van der Waals surface area contributed by atoms with Crippen molar-refractivity contribution in [3.8, 4) is 0 Å². The molecule has 4 heterocycles. The molecule has 9 heteroatoms. The Balaban J connectivity index is 1.29. The number of rotatable bonds is 7. The van der Waals surface area contributed by atoms with Crippen LogP contribution in [0.4, 0.5) is 0 Å². The first kappa shape index (κ1) is 26.2. The number of fused-ring (bicyclic) bond motifs is 2. The second-order valence-corrected chi connectivity index (χ2v) is 11.2. The number of benzene rings is 3. The molecule has 0 amide bonds. The zero-order valence-electron chi connectivity index (χ0n) is 22.7. The molecule has 0 aliphatic carbocycles. The smallest absolute Gasteiger partial charge is 0.222 e. The van der Waals surface area contributed by atoms with Crippen molar-refractivity contribution in [1.29, 1.82) is 0 Å². The number of nitrogens with one attached hydrogen (secondary N) is 1. The van der Waals surface area contributed by atoms with E-state index in [-0.39, 0.29) is 18.8 Å². The highest BCUT2D eigenvalue weighted by Gasteiger charge is 2.56. The molecule has 41 heavy (non-hydrogen) atoms. The third kappa shape index (κ3) is 4.50. The molecule has 0 unspecified atom stereocenters. The van der Waals surface area contributed by atoms with E-state index in [9.17, 15) is 0 Å². The van der Waals surface area contributed by atoms with E-state index in [1.54, 1.807) is 4.52 Å². The van der Waals surface area contributed by atoms with E-state index in [2.05, 4.69) is 51.5 Å². The highest BCUT2D eigenvalue weighted by molar-refractivity contribution is 7.71. The number of nitrogens with zero attached hydrogens (tertiary/aromatic N) is 3. The average Bonchev–Trinajstić information content (AvgIpc) is 3.67. The second kappa shape index (κ2) is 10.3. The number of H-pyrrole nitrogens is 1. The number of hydrogen-bond donors (Lipinski definition) is 1. The first-order valence-electron chi connectivity index (χ1n) is 13.7. The minimum atomic E-state index is -0.878. The molecule has 5 aromatic rings. The van der Waals surface area contributed by atoms with Crippen molar-refractivity contribution in [3.63, 3.8) is 0 Å². The predicted octanol–water partition coefficient (Wildman–Crippen LogP) is 5.76. The van der Waals surface area contributed by atoms with Crippen molar-refractivity contribution >= 4 is 17.9 Å². The van der Waals surface area contributed by atoms with Crippen LogP contribution in [0, 0.1) is 4.77 Å². The first-order valence-corrected chi connectivity index (χ1v) is 14.1. The van der Waals surface area contributed by atoms with Gasteiger partial charge in [0.1, 0.15) is 36.3 Å². The maximum absolute atomic E-state index is 7.10. The van der Waals surface area contributed by atoms with Gasteiger partial charge >= 0.3 is 0 Å². The van der Waals surface area contributed by atoms with Gasteiger partial charge in [0.05, 0.1) is 6.61 Å². The Hall–Kier alpha value is -3.73. The van der Waals surface area contributed by atoms with Gasteiger partial charge in [0, 0.05) is 11.8 Å². The van der Waals surface area contributed by atoms with Gasteiger partial charge in [0.15, 0.2) is 11.4 Å². The number of aromatic nitrogens is 4. The summed E-state index contributed by atoms with van der Waals surface area (Å²) in [6, 6.07) is 30.9. The summed E-state index contributed by atoms with van der Waals surface area (Å²) in [6.07, 6.45) is 1.74. The summed E-state index contributed by atoms with van der Waals surface area (Å²) >= 11 is 5.38. The Morgan fingerprint density at radius 2 is 1.41 bits per heavy atom. The molecule has 208 valence electrons. The van der Waals surface area contributed by atoms with Crippen molar-refractivity contribution in [2.75, 3.05) is 6.61 Å². The highest BCUT2D eigenvalue weighted by atomic mass is 32.1. The van der Waals surface area contributed by atoms with Gasteiger partial charge in [-0.05, 0) is 42.8 Å². The summed E-state index contributed by atoms with van der Waals surface area (Å²) in [6.45, 7) is 4.11. The van der Waals surface area contributed by atoms with E-state index in [1.807, 2.05) is 74.6 Å². The van der Waals surface area contributed by atoms with E-state index in [1.165, 1.54) is 6.33 Å². The van der Waals surface area contributed by atoms with Gasteiger partial charge in [-0.25, -0.2) is 14.5 Å². The van der Waals surface area contributed by atoms with Crippen LogP contribution in [0.15, 0.2) is 104 Å². The molecule has 4 atom stereocenters. The predicted molar refractivity (Wildman–Crippen MR) is 155 cm³/mol. The van der Waals surface area contributed by atoms with Crippen molar-refractivity contribution in [2.24, 2.45) is 0 Å². The van der Waals surface area contributed by atoms with E-state index in [4.69, 9.17) is 31.2 Å². The Labute approximate surface area is 242 Å². The number of aromatic amines is 1. The Kier molecular flexibility index (Phi) is 6.56. The normalized spacial score (nSPS) is 23.6. The molecule has 0 bridgehead atoms. The lowest BCUT2D eigenvalue weighted by Crippen LogP contribution is -2.39. The molecular formula is C32H30N4O4S. The molecule has 8 nitrogen and oxygen atoms in total. The van der Waals surface area contributed by atoms with Crippen LogP contribution in [0.3, 0.4) is 0 Å². The molecule has 2 aromatic heterocycles. The number of ether oxygens (including phenoxy) is 4. The maximum atomic E-state index is 7.10. The zero-order valence-corrected chi connectivity index (χ0v) is 23.5. The van der Waals surface area contributed by atoms with Crippen LogP contribution in [0.5, 0.6) is 0 Å². The molecule has 2 aliphatic rings. The minimum absolute atomic E-state index is 0.257. The summed E-state index contributed by atoms with van der Waals surface area (Å²) in [5.41, 5.74) is 3.67. The summed E-state index contributed by atoms with van der Waals surface area (Å²) in [5, 5.41) is 3.15. The molecular weight excluding hydrogens is 536 g/mol. The molecule has 7 rings (SSSR count). The minimum Gasteiger partial charge on any atom is -0.362 e. The molecule has 2 aliphatic heterocycles. The Morgan fingerprint density at radius 1 is 0.854 bits per heavy atom. The van der Waals surface area contributed by atoms with E-state index < -0.39 is 23.6 Å². The summed E-state index contributed by atoms with van der Waals surface area (Å²) in [4.78, 5) is 8.59. The molecule has 2 saturated heterocycles. The van der Waals surface area contributed by atoms with E-state index >= 15 is 0 Å². The third-order valence-corrected chi connectivity index (χ3v) is 8.11. The quantitative estimate of drug-likeness (QED) is 0.198. The lowest BCUT2D eigenvalue weighted by Gasteiger charge is -2.37. The third-order valence-electron chi connectivity index (χ3n) is 7.82. The van der Waals surface area contributed by atoms with Crippen LogP contribution < -0.4 is 0 Å². The summed E-state index contributed by atoms with van der Waals surface area (Å²) < 4.78 is 28.7. The molecule has 0 spiro atoms. The Bertz CT molecular complexity index is 1610. The molecule has 2 fully saturated rings. The van der Waals surface area contributed by atoms with Gasteiger partial charge in [-0.1, -0.05) is 91.0 Å². The lowest BCUT2D eigenvalue weighted by atomic mass is 9.80. The zero-order chi connectivity index (χ0) is 28.0. The van der Waals surface area contributed by atoms with Crippen LogP contribution in [-0.2, 0) is 24.5 Å². The molecule has 0 radical (unpaired) electrons. The van der Waals surface area contributed by atoms with Crippen LogP contribution in [0.25, 0.3) is 5.65 Å². The van der Waals surface area contributed by atoms with Crippen LogP contribution in [0.1, 0.15) is 42.2 Å². The van der Waals surface area contributed by atoms with Crippen molar-refractivity contribution in [3.05, 3.63) is 131 Å². The van der Waals surface area contributed by atoms with Gasteiger partial charge in [-0.2, -0.15) is 0 Å². The fraction of sp³-hybridized carbons (Fsp3) is 0.281. The molecule has 1 N–H and O–H groups in total. The van der Waals surface area contributed by atoms with Crippen LogP contribution in [-0.4, -0.2) is 50.3 Å². The summed E-state index contributed by atoms with van der Waals surface area (Å²) in [7, 11) is 0. The van der Waals surface area contributed by atoms with Crippen LogP contribution in [0.2, 0.25) is 0 Å². The lowest BCUT2D eigenvalue weighted by molar-refractivity contribution is -0.196. The highest BCUT2D eigenvalue weighted by Crippen LogP contribution is 2.47. The standard InChI is InChI=1S/C32H30N4O4S/c1-31(2)39-27-25(38-26(28(27)40-31)24-18-35-36-29(24)33-20-34-30(36)41)19-37-32(21-12-6-3-7-13-21,22-14-8-4-9-15-22)23-16-10-5-11-17-23/h3-18,20,25-28,35H,19H2,1-2H3/t25-,26+,27-,28+/m1/s1. The van der Waals surface area contributed by atoms with Crippen molar-refractivity contribution in [1.82, 2.24) is 19.6 Å². The van der Waals surface area contributed by atoms with E-state index in [0.717, 1.165) is 22.3 Å². The fourth-order valence-corrected chi connectivity index (χ4v) is 6.30. The van der Waals surface area contributed by atoms with Gasteiger partial charge in [0.2, 0.25) is 4.77 Å². The van der Waals surface area contributed by atoms with Crippen molar-refractivity contribution < 1.29 is 18.9 Å². The van der Waals surface area contributed by atoms with Gasteiger partial charge in [-0.15, -0.1) is 0 Å². The van der Waals surface area contributed by atoms with Gasteiger partial charge in [0.25, 0.3) is 0 Å². The summed E-state index contributed by atoms with van der Waals surface area (Å²) in [5.74, 6) is -0.775. The van der Waals surface area contributed by atoms with E-state index in [0.29, 0.717) is 10.4 Å². The van der Waals surface area contributed by atoms with Gasteiger partial charge < -0.3 is 18.9 Å². The maximum Gasteiger partial charge on any atom is 0.222 e. The Morgan fingerprint density at radius 3 is 2.00 bits per heavy atom. The van der Waals surface area contributed by atoms with Crippen LogP contribution >= 0.6 is 12.2 Å². The number of hydrogen-bond acceptors (Lipinski definition) is 7. The van der Waals surface area contributed by atoms with Gasteiger partial charge in [-0.3, -0.25) is 5.10 Å². The molecule has 3 aromatic carbocycles. The largest absolute Gasteiger partial charge is 0.362 e. The molecule has 0 saturated carbocycles. The average molecular weight is 567 g/mol. The fourth-order valence-electron chi connectivity index (χ4n) is 6.11. The SMILES string of the molecule is CC1(C)O[C@@H]2[C@H](O1)[C@@H](COC(c1ccccc1)(c1ccccc1)c1ccccc1)O[C@H]2c1c[nH]n2c(=S)ncnc12. The monoisotopic (exact) mass is 566 g/mol. The topological polar surface area (TPSA) is 82.9 Å². The second-order valence-electron chi connectivity index (χ2n) is 10.8. The first-order chi connectivity index (χ1) is 20.0.